The fourth-order valence-corrected chi connectivity index (χ4v) is 2.72. The summed E-state index contributed by atoms with van der Waals surface area (Å²) >= 11 is 0. The van der Waals surface area contributed by atoms with Crippen molar-refractivity contribution < 1.29 is 0 Å². The summed E-state index contributed by atoms with van der Waals surface area (Å²) in [5.41, 5.74) is 0. The molecule has 15 heavy (non-hydrogen) atoms. The van der Waals surface area contributed by atoms with Gasteiger partial charge in [0.1, 0.15) is 0 Å². The van der Waals surface area contributed by atoms with Crippen molar-refractivity contribution in [2.24, 2.45) is 5.92 Å². The van der Waals surface area contributed by atoms with Crippen molar-refractivity contribution in [1.82, 2.24) is 0 Å². The third kappa shape index (κ3) is 6.76. The van der Waals surface area contributed by atoms with Gasteiger partial charge >= 0.3 is 0 Å². The van der Waals surface area contributed by atoms with Crippen LogP contribution in [0.3, 0.4) is 0 Å². The van der Waals surface area contributed by atoms with E-state index in [1.165, 1.54) is 77.0 Å². The van der Waals surface area contributed by atoms with Crippen molar-refractivity contribution in [2.75, 3.05) is 0 Å². The lowest BCUT2D eigenvalue weighted by Gasteiger charge is -2.15. The van der Waals surface area contributed by atoms with Crippen molar-refractivity contribution in [3.8, 4) is 0 Å². The Hall–Kier alpha value is -0.260. The summed E-state index contributed by atoms with van der Waals surface area (Å²) in [4.78, 5) is 0. The fraction of sp³-hybridized carbons (Fsp3) is 0.867. The van der Waals surface area contributed by atoms with Crippen LogP contribution in [0.1, 0.15) is 77.0 Å². The normalized spacial score (nSPS) is 22.7. The van der Waals surface area contributed by atoms with E-state index >= 15 is 0 Å². The Morgan fingerprint density at radius 3 is 1.53 bits per heavy atom. The second kappa shape index (κ2) is 9.00. The molecule has 1 aliphatic carbocycles. The zero-order valence-corrected chi connectivity index (χ0v) is 10.3. The Morgan fingerprint density at radius 1 is 0.733 bits per heavy atom. The summed E-state index contributed by atoms with van der Waals surface area (Å²) in [7, 11) is 0. The van der Waals surface area contributed by atoms with Gasteiger partial charge in [0.2, 0.25) is 0 Å². The van der Waals surface area contributed by atoms with E-state index in [0.717, 1.165) is 5.92 Å². The monoisotopic (exact) mass is 208 g/mol. The zero-order valence-electron chi connectivity index (χ0n) is 10.3. The van der Waals surface area contributed by atoms with Crippen molar-refractivity contribution in [3.05, 3.63) is 12.7 Å². The zero-order chi connectivity index (χ0) is 10.8. The van der Waals surface area contributed by atoms with Crippen LogP contribution in [0.25, 0.3) is 0 Å². The molecule has 0 aromatic carbocycles. The Kier molecular flexibility index (Phi) is 7.69. The predicted octanol–water partition coefficient (Wildman–Crippen LogP) is 5.48. The highest BCUT2D eigenvalue weighted by Gasteiger charge is 2.07. The minimum absolute atomic E-state index is 0.946. The van der Waals surface area contributed by atoms with Crippen LogP contribution in [-0.2, 0) is 0 Å². The Labute approximate surface area is 96.2 Å². The molecular weight excluding hydrogens is 180 g/mol. The van der Waals surface area contributed by atoms with Gasteiger partial charge < -0.3 is 0 Å². The maximum Gasteiger partial charge on any atom is -0.0325 e. The van der Waals surface area contributed by atoms with Gasteiger partial charge in [-0.05, 0) is 12.3 Å². The molecule has 0 nitrogen and oxygen atoms in total. The van der Waals surface area contributed by atoms with Crippen LogP contribution in [-0.4, -0.2) is 0 Å². The van der Waals surface area contributed by atoms with Crippen LogP contribution < -0.4 is 0 Å². The summed E-state index contributed by atoms with van der Waals surface area (Å²) in [6.07, 6.45) is 19.5. The highest BCUT2D eigenvalue weighted by molar-refractivity contribution is 4.73. The third-order valence-electron chi connectivity index (χ3n) is 3.72. The molecule has 1 aliphatic rings. The van der Waals surface area contributed by atoms with E-state index in [2.05, 4.69) is 12.7 Å². The molecule has 0 unspecified atom stereocenters. The number of allylic oxidation sites excluding steroid dienone is 1. The lowest BCUT2D eigenvalue weighted by atomic mass is 9.91. The molecule has 0 aromatic rings. The molecule has 1 saturated carbocycles. The van der Waals surface area contributed by atoms with Crippen LogP contribution in [0.5, 0.6) is 0 Å². The summed E-state index contributed by atoms with van der Waals surface area (Å²) in [5, 5.41) is 0. The van der Waals surface area contributed by atoms with Gasteiger partial charge in [-0.3, -0.25) is 0 Å². The molecule has 0 heterocycles. The maximum atomic E-state index is 3.88. The van der Waals surface area contributed by atoms with Crippen LogP contribution in [0.15, 0.2) is 12.7 Å². The fourth-order valence-electron chi connectivity index (χ4n) is 2.72. The molecule has 0 atom stereocenters. The van der Waals surface area contributed by atoms with Crippen LogP contribution in [0.4, 0.5) is 0 Å². The quantitative estimate of drug-likeness (QED) is 0.527. The van der Waals surface area contributed by atoms with Crippen LogP contribution in [0, 0.1) is 5.92 Å². The van der Waals surface area contributed by atoms with Gasteiger partial charge in [-0.25, -0.2) is 0 Å². The first-order chi connectivity index (χ1) is 7.43. The molecule has 0 saturated heterocycles. The largest absolute Gasteiger partial charge is 0.103 e. The SMILES string of the molecule is C=CCC1CCCCCCCCCCC1. The van der Waals surface area contributed by atoms with Gasteiger partial charge in [-0.1, -0.05) is 76.7 Å². The van der Waals surface area contributed by atoms with Gasteiger partial charge in [0.05, 0.1) is 0 Å². The first-order valence-corrected chi connectivity index (χ1v) is 7.04. The second-order valence-electron chi connectivity index (χ2n) is 5.15. The average molecular weight is 208 g/mol. The molecule has 88 valence electrons. The Morgan fingerprint density at radius 2 is 1.13 bits per heavy atom. The second-order valence-corrected chi connectivity index (χ2v) is 5.15. The number of hydrogen-bond donors (Lipinski definition) is 0. The number of rotatable bonds is 2. The first kappa shape index (κ1) is 12.8. The maximum absolute atomic E-state index is 3.88. The van der Waals surface area contributed by atoms with Gasteiger partial charge in [-0.2, -0.15) is 0 Å². The molecule has 0 radical (unpaired) electrons. The molecule has 0 bridgehead atoms. The van der Waals surface area contributed by atoms with Gasteiger partial charge in [-0.15, -0.1) is 6.58 Å². The molecule has 0 heteroatoms. The molecule has 0 aromatic heterocycles. The molecular formula is C15H28. The van der Waals surface area contributed by atoms with E-state index in [4.69, 9.17) is 0 Å². The Bertz CT molecular complexity index is 136. The van der Waals surface area contributed by atoms with Gasteiger partial charge in [0.15, 0.2) is 0 Å². The van der Waals surface area contributed by atoms with E-state index in [0.29, 0.717) is 0 Å². The summed E-state index contributed by atoms with van der Waals surface area (Å²) in [6.45, 7) is 3.88. The van der Waals surface area contributed by atoms with Crippen molar-refractivity contribution in [1.29, 1.82) is 0 Å². The third-order valence-corrected chi connectivity index (χ3v) is 3.72. The predicted molar refractivity (Wildman–Crippen MR) is 69.1 cm³/mol. The molecule has 0 amide bonds. The standard InChI is InChI=1S/C15H28/c1-2-12-15-13-10-8-6-4-3-5-7-9-11-14-15/h2,15H,1,3-14H2. The molecule has 0 spiro atoms. The molecule has 0 aliphatic heterocycles. The van der Waals surface area contributed by atoms with Gasteiger partial charge in [0.25, 0.3) is 0 Å². The van der Waals surface area contributed by atoms with Crippen molar-refractivity contribution in [3.63, 3.8) is 0 Å². The summed E-state index contributed by atoms with van der Waals surface area (Å²) < 4.78 is 0. The van der Waals surface area contributed by atoms with E-state index in [1.807, 2.05) is 0 Å². The van der Waals surface area contributed by atoms with Crippen molar-refractivity contribution >= 4 is 0 Å². The minimum Gasteiger partial charge on any atom is -0.103 e. The molecule has 1 rings (SSSR count). The van der Waals surface area contributed by atoms with Crippen LogP contribution >= 0.6 is 0 Å². The minimum atomic E-state index is 0.946. The summed E-state index contributed by atoms with van der Waals surface area (Å²) in [6, 6.07) is 0. The van der Waals surface area contributed by atoms with E-state index < -0.39 is 0 Å². The summed E-state index contributed by atoms with van der Waals surface area (Å²) in [5.74, 6) is 0.946. The lowest BCUT2D eigenvalue weighted by Crippen LogP contribution is -2.00. The average Bonchev–Trinajstić information content (AvgIpc) is 2.22. The number of hydrogen-bond acceptors (Lipinski definition) is 0. The molecule has 0 N–H and O–H groups in total. The molecule has 1 fully saturated rings. The van der Waals surface area contributed by atoms with E-state index in [9.17, 15) is 0 Å². The lowest BCUT2D eigenvalue weighted by molar-refractivity contribution is 0.397. The Balaban J connectivity index is 2.22. The highest BCUT2D eigenvalue weighted by atomic mass is 14.1. The van der Waals surface area contributed by atoms with Crippen LogP contribution in [0.2, 0.25) is 0 Å². The van der Waals surface area contributed by atoms with Crippen molar-refractivity contribution in [2.45, 2.75) is 77.0 Å². The smallest absolute Gasteiger partial charge is 0.0325 e. The topological polar surface area (TPSA) is 0 Å². The van der Waals surface area contributed by atoms with Gasteiger partial charge in [0, 0.05) is 0 Å². The first-order valence-electron chi connectivity index (χ1n) is 7.04. The highest BCUT2D eigenvalue weighted by Crippen LogP contribution is 2.23. The van der Waals surface area contributed by atoms with E-state index in [1.54, 1.807) is 0 Å². The van der Waals surface area contributed by atoms with E-state index in [-0.39, 0.29) is 0 Å².